The van der Waals surface area contributed by atoms with Crippen molar-refractivity contribution in [1.82, 2.24) is 5.32 Å². The number of hydrogen-bond donors (Lipinski definition) is 4. The van der Waals surface area contributed by atoms with E-state index >= 15 is 0 Å². The Labute approximate surface area is 110 Å². The molecule has 4 N–H and O–H groups in total. The van der Waals surface area contributed by atoms with Crippen molar-refractivity contribution in [3.05, 3.63) is 23.8 Å². The summed E-state index contributed by atoms with van der Waals surface area (Å²) < 4.78 is 10.8. The molecule has 0 amide bonds. The van der Waals surface area contributed by atoms with Gasteiger partial charge in [0.25, 0.3) is 0 Å². The summed E-state index contributed by atoms with van der Waals surface area (Å²) in [6.45, 7) is 1.03. The van der Waals surface area contributed by atoms with Crippen LogP contribution in [0.3, 0.4) is 0 Å². The maximum atomic E-state index is 10.8. The summed E-state index contributed by atoms with van der Waals surface area (Å²) in [5.74, 6) is 0.195. The molecule has 1 rings (SSSR count). The summed E-state index contributed by atoms with van der Waals surface area (Å²) >= 11 is -0.785. The SMILES string of the molecule is C[S+]([O-])CCCNCC(O)c1ccc(O)c(O)c1. The van der Waals surface area contributed by atoms with Gasteiger partial charge in [-0.05, 0) is 24.2 Å². The van der Waals surface area contributed by atoms with E-state index in [-0.39, 0.29) is 11.5 Å². The fourth-order valence-corrected chi connectivity index (χ4v) is 2.06. The van der Waals surface area contributed by atoms with Crippen molar-refractivity contribution in [2.75, 3.05) is 25.1 Å². The van der Waals surface area contributed by atoms with E-state index in [1.54, 1.807) is 12.3 Å². The van der Waals surface area contributed by atoms with Crippen LogP contribution in [0.4, 0.5) is 0 Å². The van der Waals surface area contributed by atoms with Crippen LogP contribution in [0.15, 0.2) is 18.2 Å². The smallest absolute Gasteiger partial charge is 0.157 e. The molecule has 0 aliphatic carbocycles. The number of aliphatic hydroxyl groups excluding tert-OH is 1. The van der Waals surface area contributed by atoms with Gasteiger partial charge in [-0.25, -0.2) is 0 Å². The minimum absolute atomic E-state index is 0.204. The van der Waals surface area contributed by atoms with Crippen LogP contribution in [0, 0.1) is 0 Å². The Morgan fingerprint density at radius 1 is 1.33 bits per heavy atom. The Kier molecular flexibility index (Phi) is 6.28. The van der Waals surface area contributed by atoms with Gasteiger partial charge >= 0.3 is 0 Å². The zero-order valence-corrected chi connectivity index (χ0v) is 11.1. The van der Waals surface area contributed by atoms with Crippen molar-refractivity contribution in [2.45, 2.75) is 12.5 Å². The van der Waals surface area contributed by atoms with Crippen LogP contribution in [-0.4, -0.2) is 45.0 Å². The predicted molar refractivity (Wildman–Crippen MR) is 71.2 cm³/mol. The topological polar surface area (TPSA) is 95.8 Å². The van der Waals surface area contributed by atoms with Gasteiger partial charge in [-0.2, -0.15) is 0 Å². The van der Waals surface area contributed by atoms with Crippen molar-refractivity contribution in [3.63, 3.8) is 0 Å². The number of hydrogen-bond acceptors (Lipinski definition) is 5. The first-order valence-corrected chi connectivity index (χ1v) is 7.44. The first-order valence-electron chi connectivity index (χ1n) is 5.71. The Morgan fingerprint density at radius 2 is 2.06 bits per heavy atom. The van der Waals surface area contributed by atoms with Gasteiger partial charge in [0.05, 0.1) is 12.4 Å². The Morgan fingerprint density at radius 3 is 2.67 bits per heavy atom. The summed E-state index contributed by atoms with van der Waals surface area (Å²) in [5.41, 5.74) is 0.539. The summed E-state index contributed by atoms with van der Waals surface area (Å²) in [4.78, 5) is 0. The molecule has 5 nitrogen and oxygen atoms in total. The lowest BCUT2D eigenvalue weighted by Crippen LogP contribution is -2.24. The normalized spacial score (nSPS) is 14.4. The highest BCUT2D eigenvalue weighted by Crippen LogP contribution is 2.27. The number of aromatic hydroxyl groups is 2. The van der Waals surface area contributed by atoms with E-state index in [1.807, 2.05) is 0 Å². The van der Waals surface area contributed by atoms with E-state index < -0.39 is 17.3 Å². The van der Waals surface area contributed by atoms with Crippen LogP contribution < -0.4 is 5.32 Å². The molecular weight excluding hydrogens is 254 g/mol. The molecule has 0 fully saturated rings. The van der Waals surface area contributed by atoms with E-state index in [0.29, 0.717) is 24.4 Å². The number of nitrogens with one attached hydrogen (secondary N) is 1. The summed E-state index contributed by atoms with van der Waals surface area (Å²) in [5, 5.41) is 31.3. The third-order valence-corrected chi connectivity index (χ3v) is 3.37. The molecule has 0 aromatic heterocycles. The van der Waals surface area contributed by atoms with Gasteiger partial charge in [-0.1, -0.05) is 17.2 Å². The average molecular weight is 273 g/mol. The van der Waals surface area contributed by atoms with Gasteiger partial charge < -0.3 is 25.2 Å². The highest BCUT2D eigenvalue weighted by Gasteiger charge is 2.09. The van der Waals surface area contributed by atoms with E-state index in [1.165, 1.54) is 12.1 Å². The summed E-state index contributed by atoms with van der Waals surface area (Å²) in [7, 11) is 0. The average Bonchev–Trinajstić information content (AvgIpc) is 2.31. The van der Waals surface area contributed by atoms with Crippen molar-refractivity contribution >= 4 is 11.2 Å². The molecule has 102 valence electrons. The molecule has 0 radical (unpaired) electrons. The molecule has 1 aromatic rings. The van der Waals surface area contributed by atoms with Crippen molar-refractivity contribution in [1.29, 1.82) is 0 Å². The Balaban J connectivity index is 2.31. The van der Waals surface area contributed by atoms with Crippen molar-refractivity contribution < 1.29 is 19.9 Å². The van der Waals surface area contributed by atoms with Crippen LogP contribution in [0.5, 0.6) is 11.5 Å². The minimum Gasteiger partial charge on any atom is -0.617 e. The van der Waals surface area contributed by atoms with Crippen molar-refractivity contribution in [3.8, 4) is 11.5 Å². The third-order valence-electron chi connectivity index (χ3n) is 2.51. The van der Waals surface area contributed by atoms with Crippen LogP contribution >= 0.6 is 0 Å². The Hall–Kier alpha value is -0.950. The number of rotatable bonds is 7. The van der Waals surface area contributed by atoms with Crippen LogP contribution in [0.25, 0.3) is 0 Å². The monoisotopic (exact) mass is 273 g/mol. The molecule has 0 saturated carbocycles. The fourth-order valence-electron chi connectivity index (χ4n) is 1.50. The van der Waals surface area contributed by atoms with E-state index in [4.69, 9.17) is 5.11 Å². The molecule has 0 spiro atoms. The van der Waals surface area contributed by atoms with Gasteiger partial charge in [0.2, 0.25) is 0 Å². The zero-order valence-electron chi connectivity index (χ0n) is 10.3. The third kappa shape index (κ3) is 5.14. The minimum atomic E-state index is -0.785. The van der Waals surface area contributed by atoms with Gasteiger partial charge in [-0.3, -0.25) is 0 Å². The molecule has 0 aliphatic rings. The van der Waals surface area contributed by atoms with Crippen LogP contribution in [0.2, 0.25) is 0 Å². The molecule has 2 atom stereocenters. The second kappa shape index (κ2) is 7.48. The second-order valence-electron chi connectivity index (χ2n) is 4.10. The molecule has 0 heterocycles. The number of phenolic OH excluding ortho intramolecular Hbond substituents is 2. The Bertz CT molecular complexity index is 373. The quantitative estimate of drug-likeness (QED) is 0.329. The number of benzene rings is 1. The van der Waals surface area contributed by atoms with E-state index in [2.05, 4.69) is 5.32 Å². The molecule has 0 saturated heterocycles. The number of phenols is 2. The van der Waals surface area contributed by atoms with Crippen molar-refractivity contribution in [2.24, 2.45) is 0 Å². The molecule has 6 heteroatoms. The molecule has 18 heavy (non-hydrogen) atoms. The highest BCUT2D eigenvalue weighted by molar-refractivity contribution is 7.90. The lowest BCUT2D eigenvalue weighted by atomic mass is 10.1. The maximum Gasteiger partial charge on any atom is 0.157 e. The second-order valence-corrected chi connectivity index (χ2v) is 5.65. The predicted octanol–water partition coefficient (Wildman–Crippen LogP) is 0.489. The first-order chi connectivity index (χ1) is 8.50. The summed E-state index contributed by atoms with van der Waals surface area (Å²) in [6, 6.07) is 4.24. The molecule has 1 aromatic carbocycles. The molecule has 0 aliphatic heterocycles. The zero-order chi connectivity index (χ0) is 13.5. The standard InChI is InChI=1S/C12H19NO4S/c1-18(17)6-2-5-13-8-12(16)9-3-4-10(14)11(15)7-9/h3-4,7,12-16H,2,5-6,8H2,1H3. The molecule has 0 bridgehead atoms. The van der Waals surface area contributed by atoms with Gasteiger partial charge in [0.15, 0.2) is 11.5 Å². The lowest BCUT2D eigenvalue weighted by Gasteiger charge is -2.13. The molecule has 2 unspecified atom stereocenters. The van der Waals surface area contributed by atoms with E-state index in [9.17, 15) is 14.8 Å². The largest absolute Gasteiger partial charge is 0.617 e. The molecular formula is C12H19NO4S. The lowest BCUT2D eigenvalue weighted by molar-refractivity contribution is 0.174. The number of aliphatic hydroxyl groups is 1. The van der Waals surface area contributed by atoms with E-state index in [0.717, 1.165) is 6.42 Å². The first kappa shape index (κ1) is 15.1. The van der Waals surface area contributed by atoms with Gasteiger partial charge in [0.1, 0.15) is 5.75 Å². The van der Waals surface area contributed by atoms with Gasteiger partial charge in [0, 0.05) is 13.0 Å². The highest BCUT2D eigenvalue weighted by atomic mass is 32.2. The van der Waals surface area contributed by atoms with Gasteiger partial charge in [-0.15, -0.1) is 0 Å². The fraction of sp³-hybridized carbons (Fsp3) is 0.500. The van der Waals surface area contributed by atoms with Crippen LogP contribution in [0.1, 0.15) is 18.1 Å². The maximum absolute atomic E-state index is 10.8. The summed E-state index contributed by atoms with van der Waals surface area (Å²) in [6.07, 6.45) is 1.70. The van der Waals surface area contributed by atoms with Crippen LogP contribution in [-0.2, 0) is 11.2 Å².